The van der Waals surface area contributed by atoms with E-state index in [4.69, 9.17) is 4.43 Å². The first-order chi connectivity index (χ1) is 4.60. The number of carbonyl (C=O) groups excluding carboxylic acids is 1. The van der Waals surface area contributed by atoms with Gasteiger partial charge in [-0.2, -0.15) is 0 Å². The van der Waals surface area contributed by atoms with E-state index in [1.165, 1.54) is 7.11 Å². The summed E-state index contributed by atoms with van der Waals surface area (Å²) < 4.78 is 9.66. The van der Waals surface area contributed by atoms with Crippen LogP contribution in [-0.4, -0.2) is 29.2 Å². The molecule has 0 aromatic rings. The molecule has 1 atom stereocenters. The van der Waals surface area contributed by atoms with Gasteiger partial charge in [0.05, 0.1) is 7.11 Å². The first-order valence-corrected chi connectivity index (χ1v) is 4.06. The van der Waals surface area contributed by atoms with Gasteiger partial charge in [-0.15, -0.1) is 0 Å². The van der Waals surface area contributed by atoms with Crippen LogP contribution < -0.4 is 0 Å². The van der Waals surface area contributed by atoms with Crippen molar-refractivity contribution in [1.29, 1.82) is 0 Å². The first-order valence-electron chi connectivity index (χ1n) is 3.24. The van der Waals surface area contributed by atoms with Crippen molar-refractivity contribution in [2.24, 2.45) is 0 Å². The lowest BCUT2D eigenvalue weighted by atomic mass is 10.1. The molecule has 4 heteroatoms. The largest absolute Gasteiger partial charge is 0.467 e. The molecule has 0 aromatic carbocycles. The Morgan fingerprint density at radius 2 is 2.20 bits per heavy atom. The second-order valence-electron chi connectivity index (χ2n) is 2.28. The van der Waals surface area contributed by atoms with Crippen molar-refractivity contribution in [3.05, 3.63) is 0 Å². The van der Waals surface area contributed by atoms with Crippen LogP contribution in [0.15, 0.2) is 0 Å². The van der Waals surface area contributed by atoms with E-state index in [-0.39, 0.29) is 5.97 Å². The van der Waals surface area contributed by atoms with Crippen molar-refractivity contribution in [3.63, 3.8) is 0 Å². The smallest absolute Gasteiger partial charge is 0.336 e. The maximum atomic E-state index is 11.0. The van der Waals surface area contributed by atoms with E-state index in [9.17, 15) is 4.79 Å². The van der Waals surface area contributed by atoms with Crippen molar-refractivity contribution >= 4 is 16.5 Å². The molecule has 0 bridgehead atoms. The fourth-order valence-corrected chi connectivity index (χ4v) is 1.04. The van der Waals surface area contributed by atoms with Crippen LogP contribution in [0.25, 0.3) is 0 Å². The van der Waals surface area contributed by atoms with Crippen LogP contribution in [0.5, 0.6) is 0 Å². The van der Waals surface area contributed by atoms with Crippen molar-refractivity contribution in [2.75, 3.05) is 7.11 Å². The van der Waals surface area contributed by atoms with Gasteiger partial charge in [0.25, 0.3) is 0 Å². The molecule has 0 aliphatic heterocycles. The molecule has 60 valence electrons. The van der Waals surface area contributed by atoms with Crippen molar-refractivity contribution < 1.29 is 14.0 Å². The topological polar surface area (TPSA) is 35.5 Å². The monoisotopic (exact) mass is 162 g/mol. The Balaban J connectivity index is 4.17. The molecule has 0 saturated carbocycles. The van der Waals surface area contributed by atoms with E-state index in [0.29, 0.717) is 16.9 Å². The lowest BCUT2D eigenvalue weighted by Crippen LogP contribution is -2.38. The molecule has 0 aromatic heterocycles. The van der Waals surface area contributed by atoms with Gasteiger partial charge >= 0.3 is 5.97 Å². The zero-order chi connectivity index (χ0) is 8.20. The van der Waals surface area contributed by atoms with Gasteiger partial charge in [0, 0.05) is 0 Å². The average molecular weight is 162 g/mol. The molecule has 0 rings (SSSR count). The fraction of sp³-hybridized carbons (Fsp3) is 0.833. The summed E-state index contributed by atoms with van der Waals surface area (Å²) >= 11 is 0. The van der Waals surface area contributed by atoms with Crippen molar-refractivity contribution in [1.82, 2.24) is 0 Å². The van der Waals surface area contributed by atoms with E-state index in [1.54, 1.807) is 6.92 Å². The average Bonchev–Trinajstić information content (AvgIpc) is 2.01. The predicted molar refractivity (Wildman–Crippen MR) is 41.7 cm³/mol. The molecule has 0 amide bonds. The molecule has 0 radical (unpaired) electrons. The number of carbonyl (C=O) groups is 1. The Hall–Kier alpha value is -0.353. The second-order valence-corrected chi connectivity index (χ2v) is 2.69. The quantitative estimate of drug-likeness (QED) is 0.419. The summed E-state index contributed by atoms with van der Waals surface area (Å²) in [6.07, 6.45) is 0.656. The highest BCUT2D eigenvalue weighted by molar-refractivity contribution is 6.00. The van der Waals surface area contributed by atoms with Crippen LogP contribution in [-0.2, 0) is 14.0 Å². The summed E-state index contributed by atoms with van der Waals surface area (Å²) in [5.74, 6) is -0.287. The Bertz CT molecular complexity index is 120. The lowest BCUT2D eigenvalue weighted by Gasteiger charge is -2.23. The van der Waals surface area contributed by atoms with Gasteiger partial charge in [-0.1, -0.05) is 6.92 Å². The minimum Gasteiger partial charge on any atom is -0.467 e. The van der Waals surface area contributed by atoms with Gasteiger partial charge < -0.3 is 9.16 Å². The molecule has 10 heavy (non-hydrogen) atoms. The zero-order valence-electron chi connectivity index (χ0n) is 6.93. The molecule has 0 heterocycles. The molecule has 0 spiro atoms. The number of hydrogen-bond donors (Lipinski definition) is 0. The molecule has 0 fully saturated rings. The molecule has 0 N–H and O–H groups in total. The van der Waals surface area contributed by atoms with Gasteiger partial charge in [0.1, 0.15) is 10.5 Å². The van der Waals surface area contributed by atoms with Gasteiger partial charge in [0.2, 0.25) is 0 Å². The summed E-state index contributed by atoms with van der Waals surface area (Å²) in [6.45, 7) is 3.64. The normalized spacial score (nSPS) is 16.3. The van der Waals surface area contributed by atoms with Gasteiger partial charge in [-0.3, -0.25) is 0 Å². The number of rotatable bonds is 3. The Labute approximate surface area is 64.2 Å². The number of methoxy groups -OCH3 is 1. The first kappa shape index (κ1) is 9.65. The number of esters is 1. The summed E-state index contributed by atoms with van der Waals surface area (Å²) in [7, 11) is 1.93. The minimum absolute atomic E-state index is 0.287. The summed E-state index contributed by atoms with van der Waals surface area (Å²) in [5, 5.41) is 0. The third-order valence-corrected chi connectivity index (χ3v) is 2.64. The van der Waals surface area contributed by atoms with Crippen LogP contribution in [0.1, 0.15) is 20.3 Å². The van der Waals surface area contributed by atoms with E-state index >= 15 is 0 Å². The van der Waals surface area contributed by atoms with Gasteiger partial charge in [-0.05, 0) is 13.3 Å². The molecule has 1 unspecified atom stereocenters. The Morgan fingerprint density at radius 1 is 1.70 bits per heavy atom. The summed E-state index contributed by atoms with van der Waals surface area (Å²) in [5.41, 5.74) is -0.707. The predicted octanol–water partition coefficient (Wildman–Crippen LogP) is -0.375. The zero-order valence-corrected chi connectivity index (χ0v) is 8.93. The Kier molecular flexibility index (Phi) is 3.60. The van der Waals surface area contributed by atoms with Crippen LogP contribution in [0.2, 0.25) is 0 Å². The molecular formula is C6H14O3Si. The van der Waals surface area contributed by atoms with E-state index in [2.05, 4.69) is 4.74 Å². The third-order valence-electron chi connectivity index (χ3n) is 1.74. The highest BCUT2D eigenvalue weighted by atomic mass is 28.2. The van der Waals surface area contributed by atoms with E-state index in [1.807, 2.05) is 6.92 Å². The van der Waals surface area contributed by atoms with Crippen LogP contribution in [0.4, 0.5) is 0 Å². The van der Waals surface area contributed by atoms with Gasteiger partial charge in [0.15, 0.2) is 5.60 Å². The minimum atomic E-state index is -0.707. The van der Waals surface area contributed by atoms with Gasteiger partial charge in [-0.25, -0.2) is 4.79 Å². The van der Waals surface area contributed by atoms with Crippen molar-refractivity contribution in [3.8, 4) is 0 Å². The molecule has 3 nitrogen and oxygen atoms in total. The highest BCUT2D eigenvalue weighted by Gasteiger charge is 2.30. The molecule has 0 saturated heterocycles. The van der Waals surface area contributed by atoms with Crippen molar-refractivity contribution in [2.45, 2.75) is 25.9 Å². The molecule has 0 aliphatic rings. The number of hydrogen-bond acceptors (Lipinski definition) is 3. The second kappa shape index (κ2) is 3.73. The Morgan fingerprint density at radius 3 is 2.30 bits per heavy atom. The van der Waals surface area contributed by atoms with E-state index in [0.717, 1.165) is 0 Å². The number of ether oxygens (including phenoxy) is 1. The summed E-state index contributed by atoms with van der Waals surface area (Å²) in [4.78, 5) is 11.0. The van der Waals surface area contributed by atoms with E-state index < -0.39 is 5.60 Å². The standard InChI is InChI=1S/C6H14O3Si/c1-4-6(2,9-10)5(7)8-3/h4H2,1-3,10H3. The van der Waals surface area contributed by atoms with Crippen LogP contribution in [0.3, 0.4) is 0 Å². The lowest BCUT2D eigenvalue weighted by molar-refractivity contribution is -0.157. The van der Waals surface area contributed by atoms with Crippen LogP contribution >= 0.6 is 0 Å². The molecule has 0 aliphatic carbocycles. The highest BCUT2D eigenvalue weighted by Crippen LogP contribution is 2.14. The molecular weight excluding hydrogens is 148 g/mol. The van der Waals surface area contributed by atoms with Crippen LogP contribution in [0, 0.1) is 0 Å². The SMILES string of the molecule is CCC(C)(O[SiH3])C(=O)OC. The third kappa shape index (κ3) is 1.81. The maximum absolute atomic E-state index is 11.0. The fourth-order valence-electron chi connectivity index (χ4n) is 0.588. The summed E-state index contributed by atoms with van der Waals surface area (Å²) in [6, 6.07) is 0. The maximum Gasteiger partial charge on any atom is 0.336 e.